The summed E-state index contributed by atoms with van der Waals surface area (Å²) >= 11 is 0. The average Bonchev–Trinajstić information content (AvgIpc) is 3.43. The Morgan fingerprint density at radius 2 is 1.62 bits per heavy atom. The summed E-state index contributed by atoms with van der Waals surface area (Å²) in [5.41, 5.74) is 5.83. The van der Waals surface area contributed by atoms with E-state index >= 15 is 0 Å². The van der Waals surface area contributed by atoms with Gasteiger partial charge in [-0.05, 0) is 78.9 Å². The van der Waals surface area contributed by atoms with Crippen LogP contribution in [0.3, 0.4) is 0 Å². The van der Waals surface area contributed by atoms with Gasteiger partial charge >= 0.3 is 5.97 Å². The van der Waals surface area contributed by atoms with Gasteiger partial charge in [-0.15, -0.1) is 0 Å². The second-order valence-electron chi connectivity index (χ2n) is 11.7. The van der Waals surface area contributed by atoms with Crippen LogP contribution in [0.4, 0.5) is 0 Å². The van der Waals surface area contributed by atoms with Crippen molar-refractivity contribution in [2.45, 2.75) is 31.8 Å². The molecule has 0 bridgehead atoms. The summed E-state index contributed by atoms with van der Waals surface area (Å²) in [5, 5.41) is 1.12. The normalized spacial score (nSPS) is 17.0. The van der Waals surface area contributed by atoms with E-state index in [1.165, 1.54) is 18.2 Å². The maximum atomic E-state index is 13.4. The molecular weight excluding hydrogens is 526 g/mol. The molecule has 0 unspecified atom stereocenters. The first-order valence-electron chi connectivity index (χ1n) is 14.9. The molecule has 218 valence electrons. The molecular formula is C34H39N5O3. The quantitative estimate of drug-likeness (QED) is 0.304. The molecule has 6 rings (SSSR count). The average molecular weight is 566 g/mol. The van der Waals surface area contributed by atoms with Crippen LogP contribution in [0.15, 0.2) is 73.1 Å². The fraction of sp³-hybridized carbons (Fsp3) is 0.382. The van der Waals surface area contributed by atoms with Gasteiger partial charge in [-0.3, -0.25) is 9.69 Å². The van der Waals surface area contributed by atoms with Crippen molar-refractivity contribution in [3.8, 4) is 0 Å². The Morgan fingerprint density at radius 3 is 2.36 bits per heavy atom. The number of benzene rings is 2. The highest BCUT2D eigenvalue weighted by Gasteiger charge is 2.25. The summed E-state index contributed by atoms with van der Waals surface area (Å²) in [4.78, 5) is 36.8. The zero-order chi connectivity index (χ0) is 29.1. The third-order valence-electron chi connectivity index (χ3n) is 8.78. The molecule has 0 aliphatic carbocycles. The third kappa shape index (κ3) is 6.25. The van der Waals surface area contributed by atoms with Crippen LogP contribution in [0.2, 0.25) is 0 Å². The zero-order valence-electron chi connectivity index (χ0n) is 24.5. The van der Waals surface area contributed by atoms with Gasteiger partial charge in [0.05, 0.1) is 12.7 Å². The fourth-order valence-corrected chi connectivity index (χ4v) is 6.17. The first kappa shape index (κ1) is 28.1. The molecule has 2 aliphatic rings. The predicted octanol–water partition coefficient (Wildman–Crippen LogP) is 4.64. The maximum absolute atomic E-state index is 13.4. The number of amides is 1. The van der Waals surface area contributed by atoms with Crippen LogP contribution in [0.1, 0.15) is 56.2 Å². The summed E-state index contributed by atoms with van der Waals surface area (Å²) in [6.07, 6.45) is 5.94. The zero-order valence-corrected chi connectivity index (χ0v) is 24.5. The Balaban J connectivity index is 1.06. The lowest BCUT2D eigenvalue weighted by molar-refractivity contribution is 0.0600. The number of piperidine rings is 1. The molecule has 2 fully saturated rings. The monoisotopic (exact) mass is 565 g/mol. The van der Waals surface area contributed by atoms with E-state index in [4.69, 9.17) is 9.72 Å². The van der Waals surface area contributed by atoms with E-state index in [-0.39, 0.29) is 11.9 Å². The number of esters is 1. The van der Waals surface area contributed by atoms with Gasteiger partial charge in [0.15, 0.2) is 0 Å². The van der Waals surface area contributed by atoms with Gasteiger partial charge < -0.3 is 19.1 Å². The van der Waals surface area contributed by atoms with E-state index in [1.807, 2.05) is 35.4 Å². The standard InChI is InChI=1S/C34H39N5O3/c1-36-16-18-37(19-17-36)23-26-4-3-5-30(20-26)33(40)38-13-10-27(11-14-38)31-21-29-12-15-39(32(29)35-22-31)24-25-6-8-28(9-7-25)34(41)42-2/h3-9,12,15,20-22,27H,10-11,13-14,16-19,23-24H2,1-2H3. The number of aromatic nitrogens is 2. The van der Waals surface area contributed by atoms with Crippen LogP contribution in [-0.4, -0.2) is 89.6 Å². The van der Waals surface area contributed by atoms with Crippen LogP contribution in [0.25, 0.3) is 11.0 Å². The molecule has 8 nitrogen and oxygen atoms in total. The number of hydrogen-bond acceptors (Lipinski definition) is 6. The molecule has 8 heteroatoms. The number of ether oxygens (including phenoxy) is 1. The smallest absolute Gasteiger partial charge is 0.337 e. The van der Waals surface area contributed by atoms with Crippen molar-refractivity contribution >= 4 is 22.9 Å². The minimum atomic E-state index is -0.330. The van der Waals surface area contributed by atoms with Gasteiger partial charge in [-0.25, -0.2) is 9.78 Å². The van der Waals surface area contributed by atoms with Crippen molar-refractivity contribution in [2.24, 2.45) is 0 Å². The molecule has 2 aromatic carbocycles. The number of rotatable bonds is 7. The summed E-state index contributed by atoms with van der Waals surface area (Å²) in [5.74, 6) is 0.200. The van der Waals surface area contributed by atoms with Crippen LogP contribution in [0, 0.1) is 0 Å². The highest BCUT2D eigenvalue weighted by atomic mass is 16.5. The van der Waals surface area contributed by atoms with Gasteiger partial charge in [-0.2, -0.15) is 0 Å². The SMILES string of the molecule is COC(=O)c1ccc(Cn2ccc3cc(C4CCN(C(=O)c5cccc(CN6CCN(C)CC6)c5)CC4)cnc32)cc1. The molecule has 2 aromatic heterocycles. The Morgan fingerprint density at radius 1 is 0.857 bits per heavy atom. The first-order valence-corrected chi connectivity index (χ1v) is 14.9. The number of piperazine rings is 1. The summed E-state index contributed by atoms with van der Waals surface area (Å²) < 4.78 is 6.92. The molecule has 4 aromatic rings. The molecule has 4 heterocycles. The van der Waals surface area contributed by atoms with Crippen LogP contribution in [-0.2, 0) is 17.8 Å². The van der Waals surface area contributed by atoms with E-state index in [9.17, 15) is 9.59 Å². The number of carbonyl (C=O) groups is 2. The van der Waals surface area contributed by atoms with Gasteiger partial charge in [0.1, 0.15) is 5.65 Å². The van der Waals surface area contributed by atoms with Crippen molar-refractivity contribution in [2.75, 3.05) is 53.4 Å². The predicted molar refractivity (Wildman–Crippen MR) is 164 cm³/mol. The number of methoxy groups -OCH3 is 1. The topological polar surface area (TPSA) is 70.9 Å². The van der Waals surface area contributed by atoms with Gasteiger partial charge in [0, 0.05) is 75.7 Å². The van der Waals surface area contributed by atoms with E-state index < -0.39 is 0 Å². The van der Waals surface area contributed by atoms with E-state index in [1.54, 1.807) is 12.1 Å². The fourth-order valence-electron chi connectivity index (χ4n) is 6.17. The number of hydrogen-bond donors (Lipinski definition) is 0. The minimum Gasteiger partial charge on any atom is -0.465 e. The maximum Gasteiger partial charge on any atom is 0.337 e. The van der Waals surface area contributed by atoms with Crippen molar-refractivity contribution in [3.63, 3.8) is 0 Å². The van der Waals surface area contributed by atoms with Gasteiger partial charge in [0.2, 0.25) is 0 Å². The van der Waals surface area contributed by atoms with Gasteiger partial charge in [0.25, 0.3) is 5.91 Å². The number of nitrogens with zero attached hydrogens (tertiary/aromatic N) is 5. The third-order valence-corrected chi connectivity index (χ3v) is 8.78. The number of likely N-dealkylation sites (tertiary alicyclic amines) is 1. The van der Waals surface area contributed by atoms with E-state index in [0.717, 1.165) is 80.8 Å². The van der Waals surface area contributed by atoms with Crippen molar-refractivity contribution in [1.29, 1.82) is 0 Å². The van der Waals surface area contributed by atoms with Crippen LogP contribution >= 0.6 is 0 Å². The number of carbonyl (C=O) groups excluding carboxylic acids is 2. The van der Waals surface area contributed by atoms with Crippen molar-refractivity contribution in [3.05, 3.63) is 101 Å². The lowest BCUT2D eigenvalue weighted by Gasteiger charge is -2.33. The highest BCUT2D eigenvalue weighted by molar-refractivity contribution is 5.94. The Hall–Kier alpha value is -4.01. The summed E-state index contributed by atoms with van der Waals surface area (Å²) in [7, 11) is 3.56. The Bertz CT molecular complexity index is 1550. The van der Waals surface area contributed by atoms with E-state index in [0.29, 0.717) is 18.0 Å². The molecule has 0 spiro atoms. The van der Waals surface area contributed by atoms with Gasteiger partial charge in [-0.1, -0.05) is 24.3 Å². The summed E-state index contributed by atoms with van der Waals surface area (Å²) in [6.45, 7) is 7.41. The molecule has 1 amide bonds. The van der Waals surface area contributed by atoms with Crippen LogP contribution in [0.5, 0.6) is 0 Å². The Labute approximate surface area is 247 Å². The van der Waals surface area contributed by atoms with E-state index in [2.05, 4.69) is 51.9 Å². The molecule has 2 aliphatic heterocycles. The molecule has 0 atom stereocenters. The largest absolute Gasteiger partial charge is 0.465 e. The second kappa shape index (κ2) is 12.5. The van der Waals surface area contributed by atoms with Crippen molar-refractivity contribution in [1.82, 2.24) is 24.3 Å². The lowest BCUT2D eigenvalue weighted by Crippen LogP contribution is -2.43. The lowest BCUT2D eigenvalue weighted by atomic mass is 9.90. The van der Waals surface area contributed by atoms with Crippen LogP contribution < -0.4 is 0 Å². The highest BCUT2D eigenvalue weighted by Crippen LogP contribution is 2.30. The minimum absolute atomic E-state index is 0.138. The number of fused-ring (bicyclic) bond motifs is 1. The number of pyridine rings is 1. The molecule has 42 heavy (non-hydrogen) atoms. The molecule has 0 N–H and O–H groups in total. The molecule has 0 saturated carbocycles. The number of likely N-dealkylation sites (N-methyl/N-ethyl adjacent to an activating group) is 1. The molecule has 2 saturated heterocycles. The first-order chi connectivity index (χ1) is 20.5. The van der Waals surface area contributed by atoms with Crippen molar-refractivity contribution < 1.29 is 14.3 Å². The Kier molecular flexibility index (Phi) is 8.35. The second-order valence-corrected chi connectivity index (χ2v) is 11.7. The molecule has 0 radical (unpaired) electrons. The summed E-state index contributed by atoms with van der Waals surface area (Å²) in [6, 6.07) is 20.1.